The van der Waals surface area contributed by atoms with Crippen molar-refractivity contribution in [1.29, 1.82) is 0 Å². The van der Waals surface area contributed by atoms with Crippen LogP contribution in [0.2, 0.25) is 0 Å². The Hall–Kier alpha value is -1.10. The Balaban J connectivity index is 3.69. The molecule has 0 amide bonds. The molecule has 0 aliphatic carbocycles. The molecule has 0 fully saturated rings. The smallest absolute Gasteiger partial charge is 0.331 e. The van der Waals surface area contributed by atoms with Crippen LogP contribution in [0.1, 0.15) is 12.8 Å². The summed E-state index contributed by atoms with van der Waals surface area (Å²) in [5, 5.41) is 0. The molecule has 8 nitrogen and oxygen atoms in total. The van der Waals surface area contributed by atoms with Crippen LogP contribution in [0.5, 0.6) is 0 Å². The van der Waals surface area contributed by atoms with E-state index in [0.717, 1.165) is 12.2 Å². The summed E-state index contributed by atoms with van der Waals surface area (Å²) in [6, 6.07) is 0. The molecule has 0 saturated heterocycles. The average molecular weight is 326 g/mol. The minimum absolute atomic E-state index is 0.0679. The van der Waals surface area contributed by atoms with Crippen molar-refractivity contribution >= 4 is 34.1 Å². The van der Waals surface area contributed by atoms with Gasteiger partial charge in [0, 0.05) is 23.7 Å². The maximum atomic E-state index is 11.1. The van der Waals surface area contributed by atoms with Gasteiger partial charge in [-0.25, -0.2) is 9.59 Å². The second-order valence-electron chi connectivity index (χ2n) is 3.39. The minimum Gasteiger partial charge on any atom is -0.772 e. The molecule has 0 N–H and O–H groups in total. The quantitative estimate of drug-likeness (QED) is 0.220. The first-order valence-electron chi connectivity index (χ1n) is 5.55. The number of esters is 2. The summed E-state index contributed by atoms with van der Waals surface area (Å²) in [7, 11) is 0. The van der Waals surface area contributed by atoms with Gasteiger partial charge in [-0.2, -0.15) is 0 Å². The van der Waals surface area contributed by atoms with Crippen LogP contribution < -0.4 is 0 Å². The molecule has 0 aromatic heterocycles. The first kappa shape index (κ1) is 18.9. The van der Waals surface area contributed by atoms with Gasteiger partial charge >= 0.3 is 11.9 Å². The molecule has 0 radical (unpaired) electrons. The van der Waals surface area contributed by atoms with E-state index in [1.54, 1.807) is 0 Å². The van der Waals surface area contributed by atoms with E-state index in [9.17, 15) is 27.1 Å². The van der Waals surface area contributed by atoms with Crippen molar-refractivity contribution in [2.45, 2.75) is 12.8 Å². The number of rotatable bonds is 10. The van der Waals surface area contributed by atoms with Crippen LogP contribution in [0.3, 0.4) is 0 Å². The highest BCUT2D eigenvalue weighted by Crippen LogP contribution is 1.91. The fraction of sp³-hybridized carbons (Fsp3) is 0.600. The second kappa shape index (κ2) is 11.7. The summed E-state index contributed by atoms with van der Waals surface area (Å²) in [6.45, 7) is -0.136. The Morgan fingerprint density at radius 1 is 0.850 bits per heavy atom. The number of hydrogen-bond donors (Lipinski definition) is 0. The van der Waals surface area contributed by atoms with Crippen LogP contribution in [0.4, 0.5) is 0 Å². The molecule has 0 aromatic rings. The molecule has 0 spiro atoms. The molecular weight excluding hydrogens is 312 g/mol. The first-order chi connectivity index (χ1) is 9.41. The predicted molar refractivity (Wildman–Crippen MR) is 67.9 cm³/mol. The van der Waals surface area contributed by atoms with Crippen molar-refractivity contribution in [2.24, 2.45) is 0 Å². The summed E-state index contributed by atoms with van der Waals surface area (Å²) >= 11 is -4.35. The normalized spacial score (nSPS) is 13.9. The number of hydrogen-bond acceptors (Lipinski definition) is 8. The summed E-state index contributed by atoms with van der Waals surface area (Å²) in [5.74, 6) is -1.81. The summed E-state index contributed by atoms with van der Waals surface area (Å²) < 4.78 is 49.9. The average Bonchev–Trinajstić information content (AvgIpc) is 2.37. The van der Waals surface area contributed by atoms with Crippen molar-refractivity contribution in [3.05, 3.63) is 12.2 Å². The Labute approximate surface area is 121 Å². The fourth-order valence-electron chi connectivity index (χ4n) is 0.931. The van der Waals surface area contributed by atoms with Gasteiger partial charge in [0.1, 0.15) is 0 Å². The van der Waals surface area contributed by atoms with Gasteiger partial charge in [0.05, 0.1) is 13.2 Å². The van der Waals surface area contributed by atoms with Crippen LogP contribution in [-0.4, -0.2) is 54.2 Å². The van der Waals surface area contributed by atoms with Crippen LogP contribution in [0.25, 0.3) is 0 Å². The Morgan fingerprint density at radius 3 is 1.50 bits per heavy atom. The standard InChI is InChI=1S/C10H16O8S2/c11-9(17-5-1-7-19(13)14)3-4-10(12)18-6-2-8-20(15)16/h3-4H,1-2,5-8H2,(H,13,14)(H,15,16)/p-2/b4-3+. The molecular formula is C10H14O8S2-2. The topological polar surface area (TPSA) is 133 Å². The summed E-state index contributed by atoms with van der Waals surface area (Å²) in [5.41, 5.74) is 0. The van der Waals surface area contributed by atoms with E-state index in [2.05, 4.69) is 9.47 Å². The van der Waals surface area contributed by atoms with Crippen LogP contribution in [0, 0.1) is 0 Å². The highest BCUT2D eigenvalue weighted by Gasteiger charge is 2.01. The molecule has 10 heteroatoms. The lowest BCUT2D eigenvalue weighted by Crippen LogP contribution is -2.08. The molecule has 0 heterocycles. The van der Waals surface area contributed by atoms with E-state index in [-0.39, 0.29) is 37.6 Å². The molecule has 0 aliphatic heterocycles. The SMILES string of the molecule is O=C(/C=C/C(=O)OCCCS(=O)[O-])OCCCS(=O)[O-]. The molecule has 20 heavy (non-hydrogen) atoms. The van der Waals surface area contributed by atoms with Gasteiger partial charge in [0.2, 0.25) is 0 Å². The van der Waals surface area contributed by atoms with E-state index in [0.29, 0.717) is 0 Å². The highest BCUT2D eigenvalue weighted by molar-refractivity contribution is 7.79. The van der Waals surface area contributed by atoms with Gasteiger partial charge in [0.25, 0.3) is 0 Å². The van der Waals surface area contributed by atoms with Gasteiger partial charge in [-0.15, -0.1) is 0 Å². The van der Waals surface area contributed by atoms with Gasteiger partial charge in [-0.05, 0) is 12.8 Å². The third kappa shape index (κ3) is 13.3. The second-order valence-corrected chi connectivity index (χ2v) is 5.42. The zero-order chi connectivity index (χ0) is 15.4. The van der Waals surface area contributed by atoms with E-state index in [1.807, 2.05) is 0 Å². The lowest BCUT2D eigenvalue weighted by molar-refractivity contribution is -0.140. The third-order valence-electron chi connectivity index (χ3n) is 1.75. The van der Waals surface area contributed by atoms with Crippen molar-refractivity contribution in [3.63, 3.8) is 0 Å². The highest BCUT2D eigenvalue weighted by atomic mass is 32.2. The molecule has 0 saturated carbocycles. The van der Waals surface area contributed by atoms with E-state index >= 15 is 0 Å². The number of carbonyl (C=O) groups excluding carboxylic acids is 2. The van der Waals surface area contributed by atoms with Crippen molar-refractivity contribution < 1.29 is 36.6 Å². The Morgan fingerprint density at radius 2 is 1.20 bits per heavy atom. The summed E-state index contributed by atoms with van der Waals surface area (Å²) in [4.78, 5) is 22.1. The van der Waals surface area contributed by atoms with Gasteiger partial charge in [-0.3, -0.25) is 8.42 Å². The maximum Gasteiger partial charge on any atom is 0.331 e. The first-order valence-corrected chi connectivity index (χ1v) is 8.04. The zero-order valence-electron chi connectivity index (χ0n) is 10.5. The molecule has 2 unspecified atom stereocenters. The van der Waals surface area contributed by atoms with Gasteiger partial charge < -0.3 is 18.6 Å². The van der Waals surface area contributed by atoms with Crippen molar-refractivity contribution in [2.75, 3.05) is 24.7 Å². The van der Waals surface area contributed by atoms with Crippen LogP contribution in [-0.2, 0) is 41.2 Å². The lowest BCUT2D eigenvalue weighted by atomic mass is 10.5. The number of carbonyl (C=O) groups is 2. The third-order valence-corrected chi connectivity index (χ3v) is 3.00. The largest absolute Gasteiger partial charge is 0.772 e. The minimum atomic E-state index is -2.18. The van der Waals surface area contributed by atoms with E-state index in [1.165, 1.54) is 0 Å². The van der Waals surface area contributed by atoms with Crippen LogP contribution >= 0.6 is 0 Å². The molecule has 116 valence electrons. The van der Waals surface area contributed by atoms with Gasteiger partial charge in [0.15, 0.2) is 0 Å². The molecule has 0 bridgehead atoms. The molecule has 0 rings (SSSR count). The Kier molecular flexibility index (Phi) is 11.1. The number of ether oxygens (including phenoxy) is 2. The van der Waals surface area contributed by atoms with Crippen LogP contribution in [0.15, 0.2) is 12.2 Å². The molecule has 2 atom stereocenters. The van der Waals surface area contributed by atoms with Crippen molar-refractivity contribution in [3.8, 4) is 0 Å². The molecule has 0 aliphatic rings. The monoisotopic (exact) mass is 326 g/mol. The maximum absolute atomic E-state index is 11.1. The van der Waals surface area contributed by atoms with Crippen molar-refractivity contribution in [1.82, 2.24) is 0 Å². The Bertz CT molecular complexity index is 357. The summed E-state index contributed by atoms with van der Waals surface area (Å²) in [6.07, 6.45) is 2.05. The van der Waals surface area contributed by atoms with Gasteiger partial charge in [-0.1, -0.05) is 22.2 Å². The van der Waals surface area contributed by atoms with E-state index < -0.39 is 34.1 Å². The van der Waals surface area contributed by atoms with E-state index in [4.69, 9.17) is 0 Å². The zero-order valence-corrected chi connectivity index (χ0v) is 12.1. The predicted octanol–water partition coefficient (Wildman–Crippen LogP) is -0.833. The lowest BCUT2D eigenvalue weighted by Gasteiger charge is -2.05. The molecule has 0 aromatic carbocycles. The fourth-order valence-corrected chi connectivity index (χ4v) is 1.64.